The fourth-order valence-electron chi connectivity index (χ4n) is 4.26. The van der Waals surface area contributed by atoms with Crippen molar-refractivity contribution in [2.24, 2.45) is 17.8 Å². The van der Waals surface area contributed by atoms with E-state index in [1.807, 2.05) is 0 Å². The largest absolute Gasteiger partial charge is 0.481 e. The summed E-state index contributed by atoms with van der Waals surface area (Å²) in [7, 11) is 0. The minimum absolute atomic E-state index is 0.00404. The fourth-order valence-corrected chi connectivity index (χ4v) is 4.26. The van der Waals surface area contributed by atoms with Gasteiger partial charge in [-0.05, 0) is 63.0 Å². The average Bonchev–Trinajstić information content (AvgIpc) is 3.18. The van der Waals surface area contributed by atoms with Crippen molar-refractivity contribution in [1.29, 1.82) is 0 Å². The molecule has 0 aliphatic heterocycles. The summed E-state index contributed by atoms with van der Waals surface area (Å²) in [5, 5.41) is 13.7. The highest BCUT2D eigenvalue weighted by molar-refractivity contribution is 5.81. The zero-order valence-corrected chi connectivity index (χ0v) is 14.1. The Hall–Kier alpha value is -2.11. The monoisotopic (exact) mass is 332 g/mol. The van der Waals surface area contributed by atoms with Crippen LogP contribution >= 0.6 is 0 Å². The van der Waals surface area contributed by atoms with Crippen LogP contribution in [0.3, 0.4) is 0 Å². The minimum atomic E-state index is -0.632. The van der Waals surface area contributed by atoms with Crippen LogP contribution in [0.25, 0.3) is 0 Å². The van der Waals surface area contributed by atoms with Gasteiger partial charge < -0.3 is 10.1 Å². The van der Waals surface area contributed by atoms with E-state index in [-0.39, 0.29) is 17.6 Å². The third-order valence-electron chi connectivity index (χ3n) is 5.53. The number of nitrogens with zero attached hydrogens (tertiary/aromatic N) is 1. The molecule has 0 radical (unpaired) electrons. The molecule has 1 aromatic carbocycles. The molecule has 3 rings (SSSR count). The Morgan fingerprint density at radius 2 is 1.96 bits per heavy atom. The lowest BCUT2D eigenvalue weighted by molar-refractivity contribution is -0.384. The van der Waals surface area contributed by atoms with Gasteiger partial charge in [-0.25, -0.2) is 0 Å². The van der Waals surface area contributed by atoms with Crippen LogP contribution in [0.5, 0.6) is 5.75 Å². The quantitative estimate of drug-likeness (QED) is 0.640. The predicted molar refractivity (Wildman–Crippen MR) is 89.7 cm³/mol. The summed E-state index contributed by atoms with van der Waals surface area (Å²) >= 11 is 0. The number of hydrogen-bond acceptors (Lipinski definition) is 4. The molecular weight excluding hydrogens is 308 g/mol. The second-order valence-electron chi connectivity index (χ2n) is 7.15. The van der Waals surface area contributed by atoms with Gasteiger partial charge in [0.25, 0.3) is 11.6 Å². The topological polar surface area (TPSA) is 81.5 Å². The Kier molecular flexibility index (Phi) is 4.73. The average molecular weight is 332 g/mol. The maximum atomic E-state index is 12.4. The van der Waals surface area contributed by atoms with Crippen molar-refractivity contribution in [3.8, 4) is 5.75 Å². The standard InChI is InChI=1S/C18H24N2O4/c1-11(17-10-13-3-4-14(17)9-13)19-18(21)12(2)24-16-7-5-15(6-8-16)20(22)23/h5-8,11-14,17H,3-4,9-10H2,1-2H3,(H,19,21)/t11-,12+,13+,14+,17-/m0/s1. The van der Waals surface area contributed by atoms with Gasteiger partial charge in [0, 0.05) is 18.2 Å². The number of benzene rings is 1. The molecule has 1 N–H and O–H groups in total. The van der Waals surface area contributed by atoms with Crippen molar-refractivity contribution in [2.45, 2.75) is 51.7 Å². The van der Waals surface area contributed by atoms with E-state index >= 15 is 0 Å². The lowest BCUT2D eigenvalue weighted by atomic mass is 9.84. The fraction of sp³-hybridized carbons (Fsp3) is 0.611. The molecule has 0 heterocycles. The van der Waals surface area contributed by atoms with Crippen molar-refractivity contribution in [1.82, 2.24) is 5.32 Å². The van der Waals surface area contributed by atoms with Gasteiger partial charge in [-0.1, -0.05) is 6.42 Å². The molecule has 0 spiro atoms. The first-order valence-electron chi connectivity index (χ1n) is 8.65. The van der Waals surface area contributed by atoms with Crippen LogP contribution in [-0.4, -0.2) is 23.0 Å². The first-order valence-corrected chi connectivity index (χ1v) is 8.65. The van der Waals surface area contributed by atoms with Crippen molar-refractivity contribution in [3.05, 3.63) is 34.4 Å². The summed E-state index contributed by atoms with van der Waals surface area (Å²) < 4.78 is 5.60. The molecule has 0 aromatic heterocycles. The van der Waals surface area contributed by atoms with Crippen LogP contribution in [0.4, 0.5) is 5.69 Å². The molecule has 24 heavy (non-hydrogen) atoms. The second kappa shape index (κ2) is 6.79. The van der Waals surface area contributed by atoms with Gasteiger partial charge in [0.1, 0.15) is 5.75 Å². The first kappa shape index (κ1) is 16.7. The normalized spacial score (nSPS) is 27.5. The molecule has 2 bridgehead atoms. The van der Waals surface area contributed by atoms with Crippen LogP contribution in [-0.2, 0) is 4.79 Å². The smallest absolute Gasteiger partial charge is 0.269 e. The van der Waals surface area contributed by atoms with Crippen LogP contribution in [0.1, 0.15) is 39.5 Å². The van der Waals surface area contributed by atoms with Crippen molar-refractivity contribution in [3.63, 3.8) is 0 Å². The molecule has 1 amide bonds. The maximum Gasteiger partial charge on any atom is 0.269 e. The molecule has 130 valence electrons. The number of carbonyl (C=O) groups excluding carboxylic acids is 1. The van der Waals surface area contributed by atoms with E-state index in [2.05, 4.69) is 12.2 Å². The zero-order valence-electron chi connectivity index (χ0n) is 14.1. The van der Waals surface area contributed by atoms with Crippen molar-refractivity contribution >= 4 is 11.6 Å². The molecule has 2 saturated carbocycles. The Balaban J connectivity index is 1.51. The summed E-state index contributed by atoms with van der Waals surface area (Å²) in [6.45, 7) is 3.78. The van der Waals surface area contributed by atoms with Gasteiger partial charge in [0.15, 0.2) is 6.10 Å². The molecule has 6 nitrogen and oxygen atoms in total. The number of nitrogens with one attached hydrogen (secondary N) is 1. The highest BCUT2D eigenvalue weighted by Crippen LogP contribution is 2.49. The predicted octanol–water partition coefficient (Wildman–Crippen LogP) is 3.30. The van der Waals surface area contributed by atoms with Crippen LogP contribution in [0.15, 0.2) is 24.3 Å². The zero-order chi connectivity index (χ0) is 17.3. The van der Waals surface area contributed by atoms with E-state index in [1.54, 1.807) is 6.92 Å². The lowest BCUT2D eigenvalue weighted by Gasteiger charge is -2.29. The number of non-ortho nitro benzene ring substituents is 1. The second-order valence-corrected chi connectivity index (χ2v) is 7.15. The van der Waals surface area contributed by atoms with E-state index in [1.165, 1.54) is 49.9 Å². The summed E-state index contributed by atoms with van der Waals surface area (Å²) in [4.78, 5) is 22.5. The summed E-state index contributed by atoms with van der Waals surface area (Å²) in [6, 6.07) is 5.94. The Morgan fingerprint density at radius 3 is 2.50 bits per heavy atom. The number of nitro groups is 1. The molecular formula is C18H24N2O4. The molecule has 0 saturated heterocycles. The lowest BCUT2D eigenvalue weighted by Crippen LogP contribution is -2.45. The van der Waals surface area contributed by atoms with Gasteiger partial charge in [-0.2, -0.15) is 0 Å². The Morgan fingerprint density at radius 1 is 1.25 bits per heavy atom. The maximum absolute atomic E-state index is 12.4. The van der Waals surface area contributed by atoms with Gasteiger partial charge in [0.2, 0.25) is 0 Å². The summed E-state index contributed by atoms with van der Waals surface area (Å²) in [5.41, 5.74) is 0.00404. The van der Waals surface area contributed by atoms with Gasteiger partial charge in [-0.3, -0.25) is 14.9 Å². The van der Waals surface area contributed by atoms with Gasteiger partial charge in [0.05, 0.1) is 4.92 Å². The third kappa shape index (κ3) is 3.52. The number of ether oxygens (including phenoxy) is 1. The SMILES string of the molecule is C[C@H](NC(=O)[C@@H](C)Oc1ccc([N+](=O)[O-])cc1)[C@@H]1C[C@@H]2CC[C@@H]1C2. The highest BCUT2D eigenvalue weighted by Gasteiger charge is 2.42. The molecule has 2 aliphatic rings. The van der Waals surface area contributed by atoms with E-state index in [0.717, 1.165) is 11.8 Å². The summed E-state index contributed by atoms with van der Waals surface area (Å²) in [5.74, 6) is 2.52. The van der Waals surface area contributed by atoms with Crippen LogP contribution < -0.4 is 10.1 Å². The van der Waals surface area contributed by atoms with Gasteiger partial charge in [-0.15, -0.1) is 0 Å². The molecule has 1 aromatic rings. The molecule has 2 fully saturated rings. The Bertz CT molecular complexity index is 616. The third-order valence-corrected chi connectivity index (χ3v) is 5.53. The van der Waals surface area contributed by atoms with E-state index in [9.17, 15) is 14.9 Å². The number of nitro benzene ring substituents is 1. The number of rotatable bonds is 6. The molecule has 6 heteroatoms. The van der Waals surface area contributed by atoms with E-state index in [4.69, 9.17) is 4.74 Å². The summed E-state index contributed by atoms with van der Waals surface area (Å²) in [6.07, 6.45) is 4.56. The molecule has 5 atom stereocenters. The van der Waals surface area contributed by atoms with Crippen LogP contribution in [0, 0.1) is 27.9 Å². The van der Waals surface area contributed by atoms with Crippen molar-refractivity contribution < 1.29 is 14.5 Å². The van der Waals surface area contributed by atoms with Crippen LogP contribution in [0.2, 0.25) is 0 Å². The number of carbonyl (C=O) groups is 1. The first-order chi connectivity index (χ1) is 11.4. The number of amides is 1. The Labute approximate surface area is 141 Å². The molecule has 2 aliphatic carbocycles. The van der Waals surface area contributed by atoms with Crippen molar-refractivity contribution in [2.75, 3.05) is 0 Å². The highest BCUT2D eigenvalue weighted by atomic mass is 16.6. The van der Waals surface area contributed by atoms with E-state index in [0.29, 0.717) is 11.7 Å². The van der Waals surface area contributed by atoms with Gasteiger partial charge >= 0.3 is 0 Å². The molecule has 0 unspecified atom stereocenters. The minimum Gasteiger partial charge on any atom is -0.481 e. The number of hydrogen-bond donors (Lipinski definition) is 1. The number of fused-ring (bicyclic) bond motifs is 2. The van der Waals surface area contributed by atoms with E-state index < -0.39 is 11.0 Å².